The second kappa shape index (κ2) is 18.7. The van der Waals surface area contributed by atoms with Crippen molar-refractivity contribution < 1.29 is 17.0 Å². The van der Waals surface area contributed by atoms with E-state index >= 15 is 0 Å². The number of hydrogen-bond donors (Lipinski definition) is 0. The summed E-state index contributed by atoms with van der Waals surface area (Å²) < 4.78 is 0. The number of unbranched alkanes of at least 4 members (excludes halogenated alkanes) is 7. The van der Waals surface area contributed by atoms with Crippen molar-refractivity contribution in [3.05, 3.63) is 12.7 Å². The molecule has 0 saturated heterocycles. The molecule has 0 amide bonds. The smallest absolute Gasteiger partial charge is 1.00 e. The molecular weight excluding hydrogens is 236 g/mol. The van der Waals surface area contributed by atoms with Gasteiger partial charge in [-0.05, 0) is 0 Å². The summed E-state index contributed by atoms with van der Waals surface area (Å²) in [6.45, 7) is 7.52. The van der Waals surface area contributed by atoms with Crippen molar-refractivity contribution in [2.75, 3.05) is 0 Å². The van der Waals surface area contributed by atoms with E-state index in [9.17, 15) is 0 Å². The van der Waals surface area contributed by atoms with Gasteiger partial charge in [0.25, 0.3) is 0 Å². The van der Waals surface area contributed by atoms with Gasteiger partial charge in [0.1, 0.15) is 0 Å². The van der Waals surface area contributed by atoms with Crippen molar-refractivity contribution >= 4 is 23.1 Å². The first-order valence-corrected chi connectivity index (χ1v) is 4.95. The Balaban J connectivity index is -0.000000500. The summed E-state index contributed by atoms with van der Waals surface area (Å²) in [7, 11) is 0. The van der Waals surface area contributed by atoms with Crippen LogP contribution in [0.2, 0.25) is 0 Å². The van der Waals surface area contributed by atoms with E-state index in [1.807, 2.05) is 0 Å². The molecule has 0 rings (SSSR count). The van der Waals surface area contributed by atoms with Gasteiger partial charge in [-0.2, -0.15) is 0 Å². The third-order valence-corrected chi connectivity index (χ3v) is 1.97. The number of hydrogen-bond acceptors (Lipinski definition) is 0. The molecular formula is C11H21BrMg. The molecule has 0 unspecified atom stereocenters. The van der Waals surface area contributed by atoms with E-state index in [1.54, 1.807) is 6.08 Å². The average molecular weight is 257 g/mol. The third kappa shape index (κ3) is 19.4. The molecule has 0 saturated carbocycles. The summed E-state index contributed by atoms with van der Waals surface area (Å²) in [5.74, 6) is 0. The Bertz CT molecular complexity index is 84.2. The van der Waals surface area contributed by atoms with Gasteiger partial charge in [0, 0.05) is 0 Å². The maximum Gasteiger partial charge on any atom is 2.00 e. The predicted molar refractivity (Wildman–Crippen MR) is 57.2 cm³/mol. The van der Waals surface area contributed by atoms with Gasteiger partial charge in [-0.3, -0.25) is 6.08 Å². The molecule has 13 heavy (non-hydrogen) atoms. The average Bonchev–Trinajstić information content (AvgIpc) is 2.03. The van der Waals surface area contributed by atoms with Crippen LogP contribution in [-0.4, -0.2) is 23.1 Å². The minimum Gasteiger partial charge on any atom is -1.00 e. The van der Waals surface area contributed by atoms with Crippen molar-refractivity contribution in [1.82, 2.24) is 0 Å². The number of allylic oxidation sites excluding steroid dienone is 1. The second-order valence-corrected chi connectivity index (χ2v) is 3.15. The minimum atomic E-state index is 0. The van der Waals surface area contributed by atoms with Crippen LogP contribution in [0.5, 0.6) is 0 Å². The molecule has 2 heteroatoms. The van der Waals surface area contributed by atoms with E-state index < -0.39 is 0 Å². The molecule has 0 N–H and O–H groups in total. The molecule has 0 atom stereocenters. The van der Waals surface area contributed by atoms with Gasteiger partial charge in [-0.1, -0.05) is 58.3 Å². The summed E-state index contributed by atoms with van der Waals surface area (Å²) in [5, 5.41) is 0. The molecule has 0 aliphatic rings. The molecule has 0 spiro atoms. The first-order valence-electron chi connectivity index (χ1n) is 4.95. The van der Waals surface area contributed by atoms with Crippen LogP contribution < -0.4 is 17.0 Å². The van der Waals surface area contributed by atoms with Gasteiger partial charge >= 0.3 is 23.1 Å². The van der Waals surface area contributed by atoms with Crippen LogP contribution in [0.15, 0.2) is 6.08 Å². The fourth-order valence-corrected chi connectivity index (χ4v) is 1.22. The second-order valence-electron chi connectivity index (χ2n) is 3.15. The molecule has 0 fully saturated rings. The van der Waals surface area contributed by atoms with Crippen LogP contribution in [-0.2, 0) is 0 Å². The summed E-state index contributed by atoms with van der Waals surface area (Å²) in [4.78, 5) is 0. The Labute approximate surface area is 110 Å². The number of halogens is 1. The molecule has 0 aromatic heterocycles. The minimum absolute atomic E-state index is 0. The Kier molecular flexibility index (Phi) is 28.1. The molecule has 0 bridgehead atoms. The first-order chi connectivity index (χ1) is 5.41. The predicted octanol–water partition coefficient (Wildman–Crippen LogP) is 0.739. The summed E-state index contributed by atoms with van der Waals surface area (Å²) in [5.41, 5.74) is 0. The molecule has 0 radical (unpaired) electrons. The fraction of sp³-hybridized carbons (Fsp3) is 0.818. The quantitative estimate of drug-likeness (QED) is 0.342. The summed E-state index contributed by atoms with van der Waals surface area (Å²) in [6.07, 6.45) is 12.5. The van der Waals surface area contributed by atoms with Crippen LogP contribution in [0.25, 0.3) is 0 Å². The van der Waals surface area contributed by atoms with E-state index in [2.05, 4.69) is 6.92 Å². The van der Waals surface area contributed by atoms with Crippen LogP contribution in [0.1, 0.15) is 58.3 Å². The normalized spacial score (nSPS) is 8.38. The first kappa shape index (κ1) is 19.5. The van der Waals surface area contributed by atoms with E-state index in [0.29, 0.717) is 0 Å². The monoisotopic (exact) mass is 256 g/mol. The van der Waals surface area contributed by atoms with E-state index in [0.717, 1.165) is 6.42 Å². The Morgan fingerprint density at radius 3 is 1.85 bits per heavy atom. The van der Waals surface area contributed by atoms with Gasteiger partial charge in [0.15, 0.2) is 0 Å². The third-order valence-electron chi connectivity index (χ3n) is 1.97. The summed E-state index contributed by atoms with van der Waals surface area (Å²) >= 11 is 0. The van der Waals surface area contributed by atoms with Crippen molar-refractivity contribution in [2.24, 2.45) is 0 Å². The topological polar surface area (TPSA) is 0 Å². The Hall–Kier alpha value is 0.986. The SMILES string of the molecule is [Br-].[CH-]=CCCCCCCCCC.[Mg+2]. The maximum atomic E-state index is 5.27. The molecule has 0 aromatic rings. The van der Waals surface area contributed by atoms with Crippen LogP contribution in [0.4, 0.5) is 0 Å². The fourth-order valence-electron chi connectivity index (χ4n) is 1.22. The molecule has 0 nitrogen and oxygen atoms in total. The summed E-state index contributed by atoms with van der Waals surface area (Å²) in [6, 6.07) is 0. The van der Waals surface area contributed by atoms with Crippen LogP contribution in [0, 0.1) is 6.58 Å². The van der Waals surface area contributed by atoms with Gasteiger partial charge in [0.05, 0.1) is 0 Å². The van der Waals surface area contributed by atoms with Gasteiger partial charge < -0.3 is 23.6 Å². The largest absolute Gasteiger partial charge is 2.00 e. The van der Waals surface area contributed by atoms with Crippen LogP contribution in [0.3, 0.4) is 0 Å². The van der Waals surface area contributed by atoms with Gasteiger partial charge in [-0.25, -0.2) is 0 Å². The molecule has 0 aliphatic heterocycles. The van der Waals surface area contributed by atoms with Gasteiger partial charge in [0.2, 0.25) is 0 Å². The van der Waals surface area contributed by atoms with E-state index in [1.165, 1.54) is 44.9 Å². The van der Waals surface area contributed by atoms with Crippen molar-refractivity contribution in [3.63, 3.8) is 0 Å². The molecule has 0 aromatic carbocycles. The zero-order chi connectivity index (χ0) is 8.36. The Morgan fingerprint density at radius 2 is 1.38 bits per heavy atom. The van der Waals surface area contributed by atoms with Gasteiger partial charge in [-0.15, -0.1) is 0 Å². The van der Waals surface area contributed by atoms with Crippen molar-refractivity contribution in [2.45, 2.75) is 58.3 Å². The molecule has 0 heterocycles. The zero-order valence-electron chi connectivity index (χ0n) is 8.90. The van der Waals surface area contributed by atoms with E-state index in [-0.39, 0.29) is 40.0 Å². The van der Waals surface area contributed by atoms with Crippen molar-refractivity contribution in [3.8, 4) is 0 Å². The standard InChI is InChI=1S/C11H21.BrH.Mg/c1-3-5-7-9-11-10-8-6-4-2;;/h1,3H,4-11H2,2H3;1H;/q-1;;+2/p-1. The Morgan fingerprint density at radius 1 is 0.923 bits per heavy atom. The van der Waals surface area contributed by atoms with Crippen LogP contribution >= 0.6 is 0 Å². The molecule has 74 valence electrons. The zero-order valence-corrected chi connectivity index (χ0v) is 11.9. The maximum absolute atomic E-state index is 5.27. The molecule has 0 aliphatic carbocycles. The number of rotatable bonds is 8. The van der Waals surface area contributed by atoms with E-state index in [4.69, 9.17) is 6.58 Å². The van der Waals surface area contributed by atoms with Crippen molar-refractivity contribution in [1.29, 1.82) is 0 Å².